The summed E-state index contributed by atoms with van der Waals surface area (Å²) in [6, 6.07) is 10.8. The molecule has 1 fully saturated rings. The molecule has 1 atom stereocenters. The van der Waals surface area contributed by atoms with Crippen LogP contribution in [0.4, 0.5) is 11.4 Å². The second-order valence-corrected chi connectivity index (χ2v) is 10.1. The maximum absolute atomic E-state index is 12.7. The number of hydrogen-bond donors (Lipinski definition) is 2. The Morgan fingerprint density at radius 1 is 1.18 bits per heavy atom. The van der Waals surface area contributed by atoms with E-state index in [4.69, 9.17) is 21.1 Å². The molecule has 0 bridgehead atoms. The van der Waals surface area contributed by atoms with E-state index in [1.807, 2.05) is 0 Å². The summed E-state index contributed by atoms with van der Waals surface area (Å²) >= 11 is 6.11. The Kier molecular flexibility index (Phi) is 7.05. The van der Waals surface area contributed by atoms with Gasteiger partial charge in [-0.25, -0.2) is 8.42 Å². The standard InChI is InChI=1S/C22H22ClN3O7S/c23-15-8-7-14(34(30,31)26-9-3-4-10-26)11-17(15)24-20(27)13-32-21(28)12-19-22(29)25-16-5-1-2-6-18(16)33-19/h1-2,5-8,11,19H,3-4,9-10,12-13H2,(H,24,27)(H,25,29)/t19-/m0/s1. The molecule has 2 aromatic rings. The monoisotopic (exact) mass is 507 g/mol. The average Bonchev–Trinajstić information content (AvgIpc) is 3.35. The second kappa shape index (κ2) is 10.00. The van der Waals surface area contributed by atoms with Crippen molar-refractivity contribution in [1.82, 2.24) is 4.31 Å². The Labute approximate surface area is 201 Å². The smallest absolute Gasteiger partial charge is 0.310 e. The van der Waals surface area contributed by atoms with Gasteiger partial charge in [0.05, 0.1) is 27.7 Å². The van der Waals surface area contributed by atoms with Crippen molar-refractivity contribution in [2.75, 3.05) is 30.3 Å². The quantitative estimate of drug-likeness (QED) is 0.550. The minimum Gasteiger partial charge on any atom is -0.478 e. The molecule has 2 heterocycles. The van der Waals surface area contributed by atoms with Gasteiger partial charge in [0.2, 0.25) is 10.0 Å². The molecule has 0 aromatic heterocycles. The molecule has 2 aromatic carbocycles. The van der Waals surface area contributed by atoms with Gasteiger partial charge in [-0.05, 0) is 43.2 Å². The normalized spacial score (nSPS) is 17.9. The summed E-state index contributed by atoms with van der Waals surface area (Å²) in [5.74, 6) is -1.60. The van der Waals surface area contributed by atoms with E-state index in [-0.39, 0.29) is 15.6 Å². The summed E-state index contributed by atoms with van der Waals surface area (Å²) in [5, 5.41) is 5.22. The van der Waals surface area contributed by atoms with Gasteiger partial charge in [-0.1, -0.05) is 23.7 Å². The molecular formula is C22H22ClN3O7S. The lowest BCUT2D eigenvalue weighted by molar-refractivity contribution is -0.150. The van der Waals surface area contributed by atoms with E-state index in [0.29, 0.717) is 24.5 Å². The number of nitrogens with zero attached hydrogens (tertiary/aromatic N) is 1. The van der Waals surface area contributed by atoms with Crippen LogP contribution in [-0.4, -0.2) is 56.3 Å². The first-order valence-corrected chi connectivity index (χ1v) is 12.4. The zero-order valence-electron chi connectivity index (χ0n) is 18.0. The van der Waals surface area contributed by atoms with Crippen LogP contribution >= 0.6 is 11.6 Å². The van der Waals surface area contributed by atoms with Crippen molar-refractivity contribution in [3.63, 3.8) is 0 Å². The lowest BCUT2D eigenvalue weighted by atomic mass is 10.1. The lowest BCUT2D eigenvalue weighted by Crippen LogP contribution is -2.39. The average molecular weight is 508 g/mol. The van der Waals surface area contributed by atoms with Crippen molar-refractivity contribution in [3.8, 4) is 5.75 Å². The van der Waals surface area contributed by atoms with Gasteiger partial charge in [-0.15, -0.1) is 0 Å². The molecule has 0 unspecified atom stereocenters. The molecule has 2 aliphatic heterocycles. The molecule has 1 saturated heterocycles. The number of benzene rings is 2. The van der Waals surface area contributed by atoms with Gasteiger partial charge in [-0.2, -0.15) is 4.31 Å². The van der Waals surface area contributed by atoms with Crippen LogP contribution in [0.5, 0.6) is 5.75 Å². The molecule has 0 radical (unpaired) electrons. The first-order valence-electron chi connectivity index (χ1n) is 10.6. The van der Waals surface area contributed by atoms with Crippen molar-refractivity contribution >= 4 is 50.8 Å². The maximum Gasteiger partial charge on any atom is 0.310 e. The number of ether oxygens (including phenoxy) is 2. The van der Waals surface area contributed by atoms with E-state index in [0.717, 1.165) is 12.8 Å². The summed E-state index contributed by atoms with van der Waals surface area (Å²) in [5.41, 5.74) is 0.580. The van der Waals surface area contributed by atoms with Gasteiger partial charge in [0.25, 0.3) is 11.8 Å². The van der Waals surface area contributed by atoms with Crippen LogP contribution in [0, 0.1) is 0 Å². The predicted molar refractivity (Wildman–Crippen MR) is 123 cm³/mol. The highest BCUT2D eigenvalue weighted by Gasteiger charge is 2.31. The highest BCUT2D eigenvalue weighted by atomic mass is 35.5. The number of hydrogen-bond acceptors (Lipinski definition) is 7. The van der Waals surface area contributed by atoms with Gasteiger partial charge in [-0.3, -0.25) is 14.4 Å². The third kappa shape index (κ3) is 5.32. The summed E-state index contributed by atoms with van der Waals surface area (Å²) in [6.45, 7) is 0.233. The summed E-state index contributed by atoms with van der Waals surface area (Å²) < 4.78 is 37.4. The minimum absolute atomic E-state index is 0.00633. The number of fused-ring (bicyclic) bond motifs is 1. The van der Waals surface area contributed by atoms with Crippen LogP contribution in [0.1, 0.15) is 19.3 Å². The third-order valence-corrected chi connectivity index (χ3v) is 7.56. The van der Waals surface area contributed by atoms with Gasteiger partial charge in [0.15, 0.2) is 12.7 Å². The van der Waals surface area contributed by atoms with Crippen LogP contribution in [0.2, 0.25) is 5.02 Å². The second-order valence-electron chi connectivity index (χ2n) is 7.76. The fourth-order valence-corrected chi connectivity index (χ4v) is 5.32. The number of nitrogens with one attached hydrogen (secondary N) is 2. The van der Waals surface area contributed by atoms with E-state index < -0.39 is 46.9 Å². The summed E-state index contributed by atoms with van der Waals surface area (Å²) in [6.07, 6.45) is 0.106. The number of amides is 2. The van der Waals surface area contributed by atoms with Crippen molar-refractivity contribution in [3.05, 3.63) is 47.5 Å². The number of rotatable bonds is 7. The number of carbonyl (C=O) groups is 3. The van der Waals surface area contributed by atoms with E-state index in [1.165, 1.54) is 22.5 Å². The van der Waals surface area contributed by atoms with Gasteiger partial charge in [0, 0.05) is 13.1 Å². The zero-order chi connectivity index (χ0) is 24.3. The van der Waals surface area contributed by atoms with Crippen molar-refractivity contribution in [1.29, 1.82) is 0 Å². The molecule has 34 heavy (non-hydrogen) atoms. The molecule has 0 spiro atoms. The van der Waals surface area contributed by atoms with Crippen molar-refractivity contribution < 1.29 is 32.3 Å². The third-order valence-electron chi connectivity index (χ3n) is 5.34. The largest absolute Gasteiger partial charge is 0.478 e. The van der Waals surface area contributed by atoms with Crippen molar-refractivity contribution in [2.24, 2.45) is 0 Å². The highest BCUT2D eigenvalue weighted by Crippen LogP contribution is 2.30. The van der Waals surface area contributed by atoms with Crippen molar-refractivity contribution in [2.45, 2.75) is 30.3 Å². The number of anilines is 2. The molecule has 0 saturated carbocycles. The predicted octanol–water partition coefficient (Wildman–Crippen LogP) is 2.40. The first-order chi connectivity index (χ1) is 16.2. The number of halogens is 1. The van der Waals surface area contributed by atoms with Gasteiger partial charge >= 0.3 is 5.97 Å². The van der Waals surface area contributed by atoms with Gasteiger partial charge in [0.1, 0.15) is 5.75 Å². The summed E-state index contributed by atoms with van der Waals surface area (Å²) in [4.78, 5) is 36.6. The number of carbonyl (C=O) groups excluding carboxylic acids is 3. The van der Waals surface area contributed by atoms with Crippen LogP contribution in [0.3, 0.4) is 0 Å². The molecule has 12 heteroatoms. The fraction of sp³-hybridized carbons (Fsp3) is 0.318. The molecule has 0 aliphatic carbocycles. The van der Waals surface area contributed by atoms with Gasteiger partial charge < -0.3 is 20.1 Å². The van der Waals surface area contributed by atoms with E-state index in [2.05, 4.69) is 10.6 Å². The van der Waals surface area contributed by atoms with E-state index >= 15 is 0 Å². The number of sulfonamides is 1. The van der Waals surface area contributed by atoms with Crippen LogP contribution in [-0.2, 0) is 29.1 Å². The molecule has 2 N–H and O–H groups in total. The topological polar surface area (TPSA) is 131 Å². The van der Waals surface area contributed by atoms with E-state index in [9.17, 15) is 22.8 Å². The first kappa shape index (κ1) is 24.0. The van der Waals surface area contributed by atoms with Crippen LogP contribution < -0.4 is 15.4 Å². The number of para-hydroxylation sites is 2. The zero-order valence-corrected chi connectivity index (χ0v) is 19.5. The fourth-order valence-electron chi connectivity index (χ4n) is 3.61. The molecule has 4 rings (SSSR count). The number of esters is 1. The Hall–Kier alpha value is -3.15. The van der Waals surface area contributed by atoms with Crippen LogP contribution in [0.15, 0.2) is 47.4 Å². The lowest BCUT2D eigenvalue weighted by Gasteiger charge is -2.25. The molecule has 2 amide bonds. The van der Waals surface area contributed by atoms with E-state index in [1.54, 1.807) is 24.3 Å². The maximum atomic E-state index is 12.7. The van der Waals surface area contributed by atoms with Crippen LogP contribution in [0.25, 0.3) is 0 Å². The Bertz CT molecular complexity index is 1230. The molecule has 180 valence electrons. The summed E-state index contributed by atoms with van der Waals surface area (Å²) in [7, 11) is -3.70. The SMILES string of the molecule is O=C(COC(=O)C[C@@H]1Oc2ccccc2NC1=O)Nc1cc(S(=O)(=O)N2CCCC2)ccc1Cl. The molecule has 2 aliphatic rings. The highest BCUT2D eigenvalue weighted by molar-refractivity contribution is 7.89. The Balaban J connectivity index is 1.32. The Morgan fingerprint density at radius 3 is 2.68 bits per heavy atom. The molecule has 10 nitrogen and oxygen atoms in total. The molecular weight excluding hydrogens is 486 g/mol. The Morgan fingerprint density at radius 2 is 1.91 bits per heavy atom. The minimum atomic E-state index is -3.70.